The molecule has 1 heterocycles. The molecular formula is C23H26N2O3S. The van der Waals surface area contributed by atoms with Crippen LogP contribution in [0.1, 0.15) is 46.5 Å². The van der Waals surface area contributed by atoms with Gasteiger partial charge < -0.3 is 14.4 Å². The molecule has 1 atom stereocenters. The average molecular weight is 411 g/mol. The summed E-state index contributed by atoms with van der Waals surface area (Å²) in [6, 6.07) is 15.1. The van der Waals surface area contributed by atoms with Crippen LogP contribution in [0.2, 0.25) is 0 Å². The lowest BCUT2D eigenvalue weighted by molar-refractivity contribution is 0.0701. The molecule has 1 unspecified atom stereocenters. The summed E-state index contributed by atoms with van der Waals surface area (Å²) in [4.78, 5) is 19.5. The second-order valence-electron chi connectivity index (χ2n) is 6.72. The first-order valence-corrected chi connectivity index (χ1v) is 10.5. The number of hydrogen-bond acceptors (Lipinski definition) is 5. The molecule has 0 aliphatic carbocycles. The van der Waals surface area contributed by atoms with Crippen molar-refractivity contribution in [3.63, 3.8) is 0 Å². The first-order valence-electron chi connectivity index (χ1n) is 9.60. The molecule has 5 nitrogen and oxygen atoms in total. The maximum Gasteiger partial charge on any atom is 0.254 e. The Hall–Kier alpha value is -2.86. The summed E-state index contributed by atoms with van der Waals surface area (Å²) in [5, 5.41) is 3.00. The second-order valence-corrected chi connectivity index (χ2v) is 7.78. The van der Waals surface area contributed by atoms with E-state index in [2.05, 4.69) is 4.98 Å². The third kappa shape index (κ3) is 5.15. The van der Waals surface area contributed by atoms with Crippen LogP contribution in [0.4, 0.5) is 0 Å². The molecule has 3 aromatic rings. The molecule has 1 aromatic heterocycles. The normalized spacial score (nSPS) is 11.7. The number of carbonyl (C=O) groups is 1. The van der Waals surface area contributed by atoms with E-state index in [0.717, 1.165) is 22.0 Å². The molecule has 0 aliphatic heterocycles. The molecule has 6 heteroatoms. The van der Waals surface area contributed by atoms with E-state index in [4.69, 9.17) is 9.47 Å². The van der Waals surface area contributed by atoms with Gasteiger partial charge in [0.15, 0.2) is 0 Å². The first kappa shape index (κ1) is 20.9. The van der Waals surface area contributed by atoms with Gasteiger partial charge in [-0.2, -0.15) is 0 Å². The van der Waals surface area contributed by atoms with E-state index < -0.39 is 0 Å². The van der Waals surface area contributed by atoms with E-state index in [9.17, 15) is 4.79 Å². The van der Waals surface area contributed by atoms with E-state index in [1.54, 1.807) is 24.5 Å². The lowest BCUT2D eigenvalue weighted by Gasteiger charge is -2.29. The molecule has 0 aliphatic rings. The van der Waals surface area contributed by atoms with Crippen LogP contribution in [0.5, 0.6) is 11.5 Å². The fourth-order valence-electron chi connectivity index (χ4n) is 3.19. The number of thiazole rings is 1. The minimum atomic E-state index is -0.0786. The summed E-state index contributed by atoms with van der Waals surface area (Å²) >= 11 is 1.60. The minimum absolute atomic E-state index is 0.0298. The molecule has 0 N–H and O–H groups in total. The van der Waals surface area contributed by atoms with Crippen molar-refractivity contribution in [1.82, 2.24) is 9.88 Å². The molecule has 0 saturated carbocycles. The van der Waals surface area contributed by atoms with Crippen LogP contribution in [0.3, 0.4) is 0 Å². The third-order valence-electron chi connectivity index (χ3n) is 4.78. The average Bonchev–Trinajstić information content (AvgIpc) is 3.18. The first-order chi connectivity index (χ1) is 14.0. The van der Waals surface area contributed by atoms with Crippen LogP contribution in [0.25, 0.3) is 0 Å². The van der Waals surface area contributed by atoms with Crippen LogP contribution in [0, 0.1) is 6.92 Å². The molecule has 0 radical (unpaired) electrons. The van der Waals surface area contributed by atoms with Crippen molar-refractivity contribution in [1.29, 1.82) is 0 Å². The van der Waals surface area contributed by atoms with E-state index in [0.29, 0.717) is 24.5 Å². The van der Waals surface area contributed by atoms with Crippen LogP contribution in [-0.4, -0.2) is 29.4 Å². The fourth-order valence-corrected chi connectivity index (χ4v) is 3.79. The molecule has 0 saturated heterocycles. The van der Waals surface area contributed by atoms with Crippen molar-refractivity contribution < 1.29 is 14.3 Å². The van der Waals surface area contributed by atoms with Gasteiger partial charge in [0.1, 0.15) is 18.1 Å². The number of nitrogens with zero attached hydrogens (tertiary/aromatic N) is 2. The standard InChI is InChI=1S/C23H26N2O3S/c1-5-25(16(2)18-8-6-10-21(12-18)27-4)23(26)19-9-7-11-22(13-19)28-14-20-15-29-17(3)24-20/h6-13,15-16H,5,14H2,1-4H3. The molecule has 0 spiro atoms. The van der Waals surface area contributed by atoms with Crippen molar-refractivity contribution >= 4 is 17.2 Å². The Kier molecular flexibility index (Phi) is 6.88. The predicted molar refractivity (Wildman–Crippen MR) is 116 cm³/mol. The van der Waals surface area contributed by atoms with Gasteiger partial charge in [-0.05, 0) is 56.7 Å². The van der Waals surface area contributed by atoms with Crippen LogP contribution >= 0.6 is 11.3 Å². The van der Waals surface area contributed by atoms with Gasteiger partial charge in [0.25, 0.3) is 5.91 Å². The van der Waals surface area contributed by atoms with Crippen LogP contribution in [0.15, 0.2) is 53.9 Å². The zero-order valence-corrected chi connectivity index (χ0v) is 18.0. The largest absolute Gasteiger partial charge is 0.497 e. The quantitative estimate of drug-likeness (QED) is 0.508. The molecule has 2 aromatic carbocycles. The predicted octanol–water partition coefficient (Wildman–Crippen LogP) is 5.26. The van der Waals surface area contributed by atoms with Gasteiger partial charge in [0.2, 0.25) is 0 Å². The van der Waals surface area contributed by atoms with Crippen LogP contribution < -0.4 is 9.47 Å². The van der Waals surface area contributed by atoms with E-state index in [1.807, 2.05) is 73.5 Å². The van der Waals surface area contributed by atoms with Crippen molar-refractivity contribution in [2.24, 2.45) is 0 Å². The minimum Gasteiger partial charge on any atom is -0.497 e. The SMILES string of the molecule is CCN(C(=O)c1cccc(OCc2csc(C)n2)c1)C(C)c1cccc(OC)c1. The maximum atomic E-state index is 13.2. The Morgan fingerprint density at radius 3 is 2.62 bits per heavy atom. The highest BCUT2D eigenvalue weighted by Gasteiger charge is 2.22. The van der Waals surface area contributed by atoms with Crippen molar-refractivity contribution in [2.45, 2.75) is 33.4 Å². The highest BCUT2D eigenvalue weighted by molar-refractivity contribution is 7.09. The molecule has 152 valence electrons. The summed E-state index contributed by atoms with van der Waals surface area (Å²) < 4.78 is 11.2. The zero-order chi connectivity index (χ0) is 20.8. The third-order valence-corrected chi connectivity index (χ3v) is 5.60. The van der Waals surface area contributed by atoms with E-state index in [-0.39, 0.29) is 11.9 Å². The van der Waals surface area contributed by atoms with Gasteiger partial charge in [-0.15, -0.1) is 11.3 Å². The number of aryl methyl sites for hydroxylation is 1. The van der Waals surface area contributed by atoms with Gasteiger partial charge >= 0.3 is 0 Å². The van der Waals surface area contributed by atoms with Gasteiger partial charge in [-0.3, -0.25) is 4.79 Å². The molecular weight excluding hydrogens is 384 g/mol. The summed E-state index contributed by atoms with van der Waals surface area (Å²) in [5.74, 6) is 1.41. The number of aromatic nitrogens is 1. The summed E-state index contributed by atoms with van der Waals surface area (Å²) in [6.07, 6.45) is 0. The van der Waals surface area contributed by atoms with Gasteiger partial charge in [0, 0.05) is 17.5 Å². The zero-order valence-electron chi connectivity index (χ0n) is 17.2. The van der Waals surface area contributed by atoms with E-state index in [1.165, 1.54) is 0 Å². The van der Waals surface area contributed by atoms with Crippen molar-refractivity contribution in [2.75, 3.05) is 13.7 Å². The summed E-state index contributed by atoms with van der Waals surface area (Å²) in [7, 11) is 1.64. The number of amides is 1. The Morgan fingerprint density at radius 2 is 1.93 bits per heavy atom. The number of ether oxygens (including phenoxy) is 2. The Balaban J connectivity index is 1.74. The highest BCUT2D eigenvalue weighted by Crippen LogP contribution is 2.26. The number of hydrogen-bond donors (Lipinski definition) is 0. The van der Waals surface area contributed by atoms with Crippen LogP contribution in [-0.2, 0) is 6.61 Å². The fraction of sp³-hybridized carbons (Fsp3) is 0.304. The molecule has 0 fully saturated rings. The molecule has 3 rings (SSSR count). The Labute approximate surface area is 175 Å². The second kappa shape index (κ2) is 9.56. The maximum absolute atomic E-state index is 13.2. The topological polar surface area (TPSA) is 51.7 Å². The van der Waals surface area contributed by atoms with Gasteiger partial charge in [-0.25, -0.2) is 4.98 Å². The van der Waals surface area contributed by atoms with Crippen molar-refractivity contribution in [3.8, 4) is 11.5 Å². The van der Waals surface area contributed by atoms with Gasteiger partial charge in [0.05, 0.1) is 23.9 Å². The number of methoxy groups -OCH3 is 1. The number of rotatable bonds is 8. The summed E-state index contributed by atoms with van der Waals surface area (Å²) in [6.45, 7) is 6.97. The number of benzene rings is 2. The Morgan fingerprint density at radius 1 is 1.17 bits per heavy atom. The molecule has 29 heavy (non-hydrogen) atoms. The van der Waals surface area contributed by atoms with Gasteiger partial charge in [-0.1, -0.05) is 18.2 Å². The lowest BCUT2D eigenvalue weighted by atomic mass is 10.0. The molecule has 1 amide bonds. The van der Waals surface area contributed by atoms with Crippen molar-refractivity contribution in [3.05, 3.63) is 75.7 Å². The number of carbonyl (C=O) groups excluding carboxylic acids is 1. The lowest BCUT2D eigenvalue weighted by Crippen LogP contribution is -2.33. The van der Waals surface area contributed by atoms with E-state index >= 15 is 0 Å². The smallest absolute Gasteiger partial charge is 0.254 e. The Bertz CT molecular complexity index is 970. The monoisotopic (exact) mass is 410 g/mol. The molecule has 0 bridgehead atoms. The highest BCUT2D eigenvalue weighted by atomic mass is 32.1. The summed E-state index contributed by atoms with van der Waals surface area (Å²) in [5.41, 5.74) is 2.53.